The average molecular weight is 280 g/mol. The Hall–Kier alpha value is -2.74. The van der Waals surface area contributed by atoms with Gasteiger partial charge in [0, 0.05) is 37.4 Å². The van der Waals surface area contributed by atoms with Crippen LogP contribution in [0.4, 0.5) is 0 Å². The molecule has 0 N–H and O–H groups in total. The number of nitriles is 1. The lowest BCUT2D eigenvalue weighted by atomic mass is 10.1. The second-order valence-electron chi connectivity index (χ2n) is 4.63. The molecule has 0 aliphatic heterocycles. The Morgan fingerprint density at radius 2 is 2.14 bits per heavy atom. The van der Waals surface area contributed by atoms with Crippen molar-refractivity contribution in [2.24, 2.45) is 0 Å². The van der Waals surface area contributed by atoms with E-state index in [1.165, 1.54) is 0 Å². The zero-order valence-corrected chi connectivity index (χ0v) is 11.9. The van der Waals surface area contributed by atoms with Crippen LogP contribution >= 0.6 is 0 Å². The molecule has 5 nitrogen and oxygen atoms in total. The SMILES string of the molecule is Cc1ncccc1C(=O)N(CCC#N)Cc1cccnc1. The van der Waals surface area contributed by atoms with Crippen molar-refractivity contribution in [1.29, 1.82) is 5.26 Å². The molecule has 2 rings (SSSR count). The number of aromatic nitrogens is 2. The Morgan fingerprint density at radius 1 is 1.33 bits per heavy atom. The van der Waals surface area contributed by atoms with Gasteiger partial charge in [0.1, 0.15) is 0 Å². The van der Waals surface area contributed by atoms with Crippen LogP contribution < -0.4 is 0 Å². The van der Waals surface area contributed by atoms with E-state index in [4.69, 9.17) is 5.26 Å². The summed E-state index contributed by atoms with van der Waals surface area (Å²) in [5.74, 6) is -0.111. The molecule has 0 spiro atoms. The molecule has 21 heavy (non-hydrogen) atoms. The number of carbonyl (C=O) groups is 1. The molecule has 5 heteroatoms. The number of hydrogen-bond acceptors (Lipinski definition) is 4. The van der Waals surface area contributed by atoms with Crippen molar-refractivity contribution in [3.05, 3.63) is 59.7 Å². The van der Waals surface area contributed by atoms with Crippen LogP contribution in [0.25, 0.3) is 0 Å². The number of nitrogens with zero attached hydrogens (tertiary/aromatic N) is 4. The highest BCUT2D eigenvalue weighted by atomic mass is 16.2. The van der Waals surface area contributed by atoms with Crippen LogP contribution in [0.3, 0.4) is 0 Å². The van der Waals surface area contributed by atoms with Gasteiger partial charge in [-0.05, 0) is 30.7 Å². The van der Waals surface area contributed by atoms with Crippen LogP contribution in [0.15, 0.2) is 42.9 Å². The van der Waals surface area contributed by atoms with E-state index in [0.29, 0.717) is 30.8 Å². The van der Waals surface area contributed by atoms with Crippen LogP contribution in [-0.2, 0) is 6.54 Å². The number of amides is 1. The largest absolute Gasteiger partial charge is 0.333 e. The van der Waals surface area contributed by atoms with Gasteiger partial charge >= 0.3 is 0 Å². The van der Waals surface area contributed by atoms with Crippen LogP contribution in [0.2, 0.25) is 0 Å². The lowest BCUT2D eigenvalue weighted by Crippen LogP contribution is -2.32. The maximum absolute atomic E-state index is 12.6. The normalized spacial score (nSPS) is 9.90. The van der Waals surface area contributed by atoms with Crippen LogP contribution in [0.5, 0.6) is 0 Å². The summed E-state index contributed by atoms with van der Waals surface area (Å²) < 4.78 is 0. The standard InChI is InChI=1S/C16H16N4O/c1-13-15(6-3-9-19-13)16(21)20(10-4-7-17)12-14-5-2-8-18-11-14/h2-3,5-6,8-9,11H,4,10,12H2,1H3. The van der Waals surface area contributed by atoms with Crippen molar-refractivity contribution in [3.63, 3.8) is 0 Å². The number of carbonyl (C=O) groups excluding carboxylic acids is 1. The molecule has 2 heterocycles. The number of pyridine rings is 2. The summed E-state index contributed by atoms with van der Waals surface area (Å²) in [7, 11) is 0. The van der Waals surface area contributed by atoms with Gasteiger partial charge in [0.2, 0.25) is 0 Å². The van der Waals surface area contributed by atoms with E-state index < -0.39 is 0 Å². The van der Waals surface area contributed by atoms with E-state index in [0.717, 1.165) is 5.56 Å². The van der Waals surface area contributed by atoms with Crippen molar-refractivity contribution >= 4 is 5.91 Å². The van der Waals surface area contributed by atoms with Crippen molar-refractivity contribution in [2.45, 2.75) is 19.9 Å². The smallest absolute Gasteiger partial charge is 0.256 e. The van der Waals surface area contributed by atoms with E-state index in [1.807, 2.05) is 12.1 Å². The molecule has 0 atom stereocenters. The summed E-state index contributed by atoms with van der Waals surface area (Å²) in [6.45, 7) is 2.63. The van der Waals surface area contributed by atoms with E-state index >= 15 is 0 Å². The monoisotopic (exact) mass is 280 g/mol. The first-order valence-electron chi connectivity index (χ1n) is 6.69. The fourth-order valence-corrected chi connectivity index (χ4v) is 2.03. The maximum atomic E-state index is 12.6. The molecule has 0 saturated heterocycles. The summed E-state index contributed by atoms with van der Waals surface area (Å²) in [4.78, 5) is 22.5. The Morgan fingerprint density at radius 3 is 2.81 bits per heavy atom. The highest BCUT2D eigenvalue weighted by Gasteiger charge is 2.18. The molecule has 0 aliphatic rings. The zero-order chi connectivity index (χ0) is 15.1. The topological polar surface area (TPSA) is 69.9 Å². The van der Waals surface area contributed by atoms with E-state index in [9.17, 15) is 4.79 Å². The molecular formula is C16H16N4O. The van der Waals surface area contributed by atoms with Crippen LogP contribution in [-0.4, -0.2) is 27.3 Å². The van der Waals surface area contributed by atoms with Gasteiger partial charge in [-0.25, -0.2) is 0 Å². The molecule has 2 aromatic rings. The predicted octanol–water partition coefficient (Wildman–Crippen LogP) is 2.34. The van der Waals surface area contributed by atoms with E-state index in [1.54, 1.807) is 42.5 Å². The molecular weight excluding hydrogens is 264 g/mol. The predicted molar refractivity (Wildman–Crippen MR) is 78.2 cm³/mol. The minimum absolute atomic E-state index is 0.111. The third-order valence-electron chi connectivity index (χ3n) is 3.11. The summed E-state index contributed by atoms with van der Waals surface area (Å²) in [6, 6.07) is 9.32. The summed E-state index contributed by atoms with van der Waals surface area (Å²) in [5, 5.41) is 8.78. The number of aryl methyl sites for hydroxylation is 1. The maximum Gasteiger partial charge on any atom is 0.256 e. The second kappa shape index (κ2) is 7.15. The molecule has 106 valence electrons. The van der Waals surface area contributed by atoms with Crippen molar-refractivity contribution < 1.29 is 4.79 Å². The van der Waals surface area contributed by atoms with Gasteiger partial charge < -0.3 is 4.90 Å². The van der Waals surface area contributed by atoms with Crippen LogP contribution in [0, 0.1) is 18.3 Å². The van der Waals surface area contributed by atoms with Crippen molar-refractivity contribution in [1.82, 2.24) is 14.9 Å². The average Bonchev–Trinajstić information content (AvgIpc) is 2.52. The second-order valence-corrected chi connectivity index (χ2v) is 4.63. The first kappa shape index (κ1) is 14.7. The highest BCUT2D eigenvalue weighted by molar-refractivity contribution is 5.95. The Kier molecular flexibility index (Phi) is 4.99. The van der Waals surface area contributed by atoms with Gasteiger partial charge in [-0.2, -0.15) is 5.26 Å². The Balaban J connectivity index is 2.21. The van der Waals surface area contributed by atoms with Crippen LogP contribution in [0.1, 0.15) is 28.0 Å². The quantitative estimate of drug-likeness (QED) is 0.843. The lowest BCUT2D eigenvalue weighted by molar-refractivity contribution is 0.0745. The number of hydrogen-bond donors (Lipinski definition) is 0. The summed E-state index contributed by atoms with van der Waals surface area (Å²) in [5.41, 5.74) is 2.19. The Labute approximate surface area is 123 Å². The van der Waals surface area contributed by atoms with E-state index in [2.05, 4.69) is 16.0 Å². The zero-order valence-electron chi connectivity index (χ0n) is 11.9. The molecule has 0 fully saturated rings. The first-order chi connectivity index (χ1) is 10.2. The van der Waals surface area contributed by atoms with Gasteiger partial charge in [0.05, 0.1) is 18.1 Å². The fourth-order valence-electron chi connectivity index (χ4n) is 2.03. The number of rotatable bonds is 5. The van der Waals surface area contributed by atoms with Crippen molar-refractivity contribution in [3.8, 4) is 6.07 Å². The molecule has 1 amide bonds. The minimum atomic E-state index is -0.111. The molecule has 0 radical (unpaired) electrons. The third-order valence-corrected chi connectivity index (χ3v) is 3.11. The highest BCUT2D eigenvalue weighted by Crippen LogP contribution is 2.12. The van der Waals surface area contributed by atoms with Gasteiger partial charge in [-0.15, -0.1) is 0 Å². The summed E-state index contributed by atoms with van der Waals surface area (Å²) >= 11 is 0. The first-order valence-corrected chi connectivity index (χ1v) is 6.69. The molecule has 0 aromatic carbocycles. The van der Waals surface area contributed by atoms with Crippen molar-refractivity contribution in [2.75, 3.05) is 6.54 Å². The molecule has 0 saturated carbocycles. The van der Waals surface area contributed by atoms with Gasteiger partial charge in [0.25, 0.3) is 5.91 Å². The minimum Gasteiger partial charge on any atom is -0.333 e. The van der Waals surface area contributed by atoms with Gasteiger partial charge in [-0.3, -0.25) is 14.8 Å². The lowest BCUT2D eigenvalue weighted by Gasteiger charge is -2.22. The van der Waals surface area contributed by atoms with E-state index in [-0.39, 0.29) is 5.91 Å². The van der Waals surface area contributed by atoms with Gasteiger partial charge in [0.15, 0.2) is 0 Å². The molecule has 0 unspecified atom stereocenters. The fraction of sp³-hybridized carbons (Fsp3) is 0.250. The molecule has 2 aromatic heterocycles. The van der Waals surface area contributed by atoms with Gasteiger partial charge in [-0.1, -0.05) is 6.07 Å². The summed E-state index contributed by atoms with van der Waals surface area (Å²) in [6.07, 6.45) is 5.37. The molecule has 0 bridgehead atoms. The molecule has 0 aliphatic carbocycles. The Bertz CT molecular complexity index is 649. The third kappa shape index (κ3) is 3.86.